The van der Waals surface area contributed by atoms with Crippen molar-refractivity contribution in [1.82, 2.24) is 19.2 Å². The lowest BCUT2D eigenvalue weighted by molar-refractivity contribution is -0.109. The lowest BCUT2D eigenvalue weighted by Gasteiger charge is -2.29. The maximum absolute atomic E-state index is 13.5. The third kappa shape index (κ3) is 9.33. The lowest BCUT2D eigenvalue weighted by atomic mass is 9.86. The number of carbonyl (C=O) groups is 1. The van der Waals surface area contributed by atoms with Crippen LogP contribution in [-0.4, -0.2) is 50.0 Å². The van der Waals surface area contributed by atoms with Crippen LogP contribution in [0.2, 0.25) is 0 Å². The van der Waals surface area contributed by atoms with Gasteiger partial charge in [0.15, 0.2) is 0 Å². The molecule has 1 aliphatic heterocycles. The number of carbonyl (C=O) groups excluding carboxylic acids is 1. The molecule has 1 saturated carbocycles. The highest BCUT2D eigenvalue weighted by molar-refractivity contribution is 7.82. The average molecular weight is 581 g/mol. The first kappa shape index (κ1) is 32.6. The monoisotopic (exact) mass is 580 g/mol. The topological polar surface area (TPSA) is 67.2 Å². The van der Waals surface area contributed by atoms with Crippen molar-refractivity contribution >= 4 is 28.4 Å². The van der Waals surface area contributed by atoms with Gasteiger partial charge in [0.25, 0.3) is 0 Å². The Morgan fingerprint density at radius 2 is 1.90 bits per heavy atom. The van der Waals surface area contributed by atoms with Crippen molar-refractivity contribution in [3.8, 4) is 0 Å². The minimum Gasteiger partial charge on any atom is -0.358 e. The van der Waals surface area contributed by atoms with Gasteiger partial charge in [-0.15, -0.1) is 0 Å². The van der Waals surface area contributed by atoms with Crippen molar-refractivity contribution in [1.29, 1.82) is 0 Å². The van der Waals surface area contributed by atoms with Crippen molar-refractivity contribution in [2.75, 3.05) is 19.6 Å². The fraction of sp³-hybridized carbons (Fsp3) is 0.742. The number of amides is 1. The zero-order chi connectivity index (χ0) is 29.5. The molecule has 3 atom stereocenters. The van der Waals surface area contributed by atoms with E-state index in [9.17, 15) is 17.8 Å². The van der Waals surface area contributed by atoms with E-state index in [0.29, 0.717) is 18.9 Å². The molecule has 3 unspecified atom stereocenters. The zero-order valence-electron chi connectivity index (χ0n) is 25.3. The quantitative estimate of drug-likeness (QED) is 0.289. The average Bonchev–Trinajstić information content (AvgIpc) is 3.23. The van der Waals surface area contributed by atoms with Crippen molar-refractivity contribution in [2.45, 2.75) is 116 Å². The van der Waals surface area contributed by atoms with Crippen LogP contribution in [0.3, 0.4) is 0 Å². The summed E-state index contributed by atoms with van der Waals surface area (Å²) in [4.78, 5) is 15.5. The summed E-state index contributed by atoms with van der Waals surface area (Å²) in [6.45, 7) is 14.9. The first-order valence-electron chi connectivity index (χ1n) is 15.0. The molecule has 4 rings (SSSR count). The number of benzene rings is 1. The number of aromatic nitrogens is 2. The van der Waals surface area contributed by atoms with Gasteiger partial charge in [-0.3, -0.25) is 4.79 Å². The highest BCUT2D eigenvalue weighted by atomic mass is 32.2. The number of imidazole rings is 1. The molecule has 6 nitrogen and oxygen atoms in total. The fourth-order valence-electron chi connectivity index (χ4n) is 5.47. The van der Waals surface area contributed by atoms with E-state index in [-0.39, 0.29) is 17.8 Å². The van der Waals surface area contributed by atoms with Gasteiger partial charge < -0.3 is 9.88 Å². The second kappa shape index (κ2) is 14.3. The predicted octanol–water partition coefficient (Wildman–Crippen LogP) is 7.08. The van der Waals surface area contributed by atoms with Crippen LogP contribution in [0.25, 0.3) is 11.0 Å². The number of halogens is 2. The summed E-state index contributed by atoms with van der Waals surface area (Å²) in [5.41, 5.74) is 1.64. The molecule has 1 aliphatic carbocycles. The van der Waals surface area contributed by atoms with Crippen LogP contribution in [0, 0.1) is 17.8 Å². The van der Waals surface area contributed by atoms with Gasteiger partial charge in [0.2, 0.25) is 12.3 Å². The highest BCUT2D eigenvalue weighted by Crippen LogP contribution is 2.32. The van der Waals surface area contributed by atoms with E-state index in [1.54, 1.807) is 0 Å². The maximum atomic E-state index is 13.5. The fourth-order valence-corrected chi connectivity index (χ4v) is 6.85. The Balaban J connectivity index is 0.000000472. The number of nitrogens with zero attached hydrogens (tertiary/aromatic N) is 3. The molecule has 0 bridgehead atoms. The predicted molar refractivity (Wildman–Crippen MR) is 160 cm³/mol. The Bertz CT molecular complexity index is 1120. The van der Waals surface area contributed by atoms with E-state index in [1.165, 1.54) is 25.7 Å². The van der Waals surface area contributed by atoms with Gasteiger partial charge in [0.1, 0.15) is 16.8 Å². The molecule has 2 aliphatic rings. The van der Waals surface area contributed by atoms with Crippen LogP contribution >= 0.6 is 0 Å². The Morgan fingerprint density at radius 1 is 1.18 bits per heavy atom. The first-order valence-corrected chi connectivity index (χ1v) is 16.2. The summed E-state index contributed by atoms with van der Waals surface area (Å²) in [7, 11) is -1.19. The molecule has 9 heteroatoms. The molecular formula is C31H50F2N4O2S. The molecule has 2 fully saturated rings. The van der Waals surface area contributed by atoms with Crippen molar-refractivity contribution < 1.29 is 17.8 Å². The Morgan fingerprint density at radius 3 is 2.45 bits per heavy atom. The number of hydrogen-bond donors (Lipinski definition) is 1. The largest absolute Gasteiger partial charge is 0.358 e. The summed E-state index contributed by atoms with van der Waals surface area (Å²) in [6, 6.07) is 5.92. The van der Waals surface area contributed by atoms with Gasteiger partial charge in [-0.2, -0.15) is 0 Å². The van der Waals surface area contributed by atoms with Gasteiger partial charge in [-0.25, -0.2) is 22.3 Å². The van der Waals surface area contributed by atoms with E-state index in [1.807, 2.05) is 18.2 Å². The molecule has 2 heterocycles. The molecule has 1 amide bonds. The van der Waals surface area contributed by atoms with Crippen LogP contribution in [0.1, 0.15) is 98.7 Å². The smallest absolute Gasteiger partial charge is 0.245 e. The van der Waals surface area contributed by atoms with Gasteiger partial charge in [-0.1, -0.05) is 47.5 Å². The molecule has 1 aromatic carbocycles. The maximum Gasteiger partial charge on any atom is 0.245 e. The third-order valence-corrected chi connectivity index (χ3v) is 9.63. The van der Waals surface area contributed by atoms with E-state index < -0.39 is 16.9 Å². The molecule has 40 heavy (non-hydrogen) atoms. The van der Waals surface area contributed by atoms with Gasteiger partial charge in [0.05, 0.1) is 15.9 Å². The number of fused-ring (bicyclic) bond motifs is 1. The van der Waals surface area contributed by atoms with Gasteiger partial charge >= 0.3 is 0 Å². The molecule has 1 saturated heterocycles. The van der Waals surface area contributed by atoms with Crippen LogP contribution in [0.15, 0.2) is 23.1 Å². The van der Waals surface area contributed by atoms with Crippen molar-refractivity contribution in [3.63, 3.8) is 0 Å². The summed E-state index contributed by atoms with van der Waals surface area (Å²) in [6.07, 6.45) is 8.24. The normalized spacial score (nSPS) is 20.4. The van der Waals surface area contributed by atoms with Crippen LogP contribution in [0.4, 0.5) is 8.78 Å². The minimum absolute atomic E-state index is 0.0969. The van der Waals surface area contributed by atoms with Gasteiger partial charge in [0, 0.05) is 38.0 Å². The zero-order valence-corrected chi connectivity index (χ0v) is 26.2. The summed E-state index contributed by atoms with van der Waals surface area (Å²) >= 11 is 0. The minimum atomic E-state index is -2.64. The standard InChI is InChI=1S/C25H39F2N3OS.C6H11NO/c1-7-19(12-13-25(6,26)27)17-30-22-11-10-20(15-21(22)28-23(30)24(3,4)5)32(31)29-14-8-9-18(2)16-29;8-5-7-4-6-2-1-3-6/h10-11,15,18-19H,7-9,12-14,16-17H2,1-6H3;5-6H,1-4H2,(H,7,8). The number of alkyl halides is 2. The Kier molecular flexibility index (Phi) is 11.7. The second-order valence-corrected chi connectivity index (χ2v) is 14.5. The second-order valence-electron chi connectivity index (χ2n) is 13.0. The number of rotatable bonds is 11. The molecule has 1 aromatic heterocycles. The van der Waals surface area contributed by atoms with E-state index in [4.69, 9.17) is 4.98 Å². The van der Waals surface area contributed by atoms with E-state index >= 15 is 0 Å². The molecule has 0 radical (unpaired) electrons. The third-order valence-electron chi connectivity index (χ3n) is 8.17. The number of hydrogen-bond acceptors (Lipinski definition) is 3. The Labute approximate surface area is 242 Å². The van der Waals surface area contributed by atoms with Crippen molar-refractivity contribution in [2.24, 2.45) is 17.8 Å². The molecular weight excluding hydrogens is 530 g/mol. The highest BCUT2D eigenvalue weighted by Gasteiger charge is 2.28. The number of piperidine rings is 1. The molecule has 1 N–H and O–H groups in total. The molecule has 0 spiro atoms. The van der Waals surface area contributed by atoms with Crippen LogP contribution in [-0.2, 0) is 27.7 Å². The van der Waals surface area contributed by atoms with E-state index in [0.717, 1.165) is 73.5 Å². The van der Waals surface area contributed by atoms with Crippen LogP contribution in [0.5, 0.6) is 0 Å². The summed E-state index contributed by atoms with van der Waals surface area (Å²) in [5.74, 6) is -0.182. The summed E-state index contributed by atoms with van der Waals surface area (Å²) < 4.78 is 44.4. The van der Waals surface area contributed by atoms with E-state index in [2.05, 4.69) is 48.8 Å². The van der Waals surface area contributed by atoms with Crippen LogP contribution < -0.4 is 5.32 Å². The SMILES string of the molecule is CCC(CCC(C)(F)F)Cn1c(C(C)(C)C)nc2cc(S(=O)N3CCCC(C)C3)ccc21.O=CNCC1CCC1. The molecule has 226 valence electrons. The number of nitrogens with one attached hydrogen (secondary N) is 1. The molecule has 2 aromatic rings. The van der Waals surface area contributed by atoms with Gasteiger partial charge in [-0.05, 0) is 75.0 Å². The Hall–Kier alpha value is -1.87. The summed E-state index contributed by atoms with van der Waals surface area (Å²) in [5, 5.41) is 2.67. The first-order chi connectivity index (χ1) is 18.8. The van der Waals surface area contributed by atoms with Crippen molar-refractivity contribution in [3.05, 3.63) is 24.0 Å². The lowest BCUT2D eigenvalue weighted by Crippen LogP contribution is -2.35.